The lowest BCUT2D eigenvalue weighted by Gasteiger charge is -2.24. The number of aliphatic hydroxyl groups excluding tert-OH is 1. The van der Waals surface area contributed by atoms with Crippen molar-refractivity contribution in [2.45, 2.75) is 65.1 Å². The van der Waals surface area contributed by atoms with Gasteiger partial charge in [0.05, 0.1) is 6.10 Å². The molecule has 2 atom stereocenters. The van der Waals surface area contributed by atoms with Gasteiger partial charge in [0.2, 0.25) is 0 Å². The van der Waals surface area contributed by atoms with E-state index in [1.807, 2.05) is 6.92 Å². The third-order valence-corrected chi connectivity index (χ3v) is 2.23. The molecule has 0 radical (unpaired) electrons. The fourth-order valence-corrected chi connectivity index (χ4v) is 1.28. The van der Waals surface area contributed by atoms with Crippen molar-refractivity contribution in [1.82, 2.24) is 10.6 Å². The van der Waals surface area contributed by atoms with Crippen molar-refractivity contribution >= 4 is 0 Å². The van der Waals surface area contributed by atoms with Crippen LogP contribution in [-0.2, 0) is 0 Å². The molecule has 2 unspecified atom stereocenters. The monoisotopic (exact) mass is 216 g/mol. The second-order valence-electron chi connectivity index (χ2n) is 5.48. The molecule has 0 bridgehead atoms. The molecule has 0 heterocycles. The van der Waals surface area contributed by atoms with Crippen molar-refractivity contribution in [3.63, 3.8) is 0 Å². The molecule has 0 aliphatic rings. The van der Waals surface area contributed by atoms with Gasteiger partial charge in [-0.1, -0.05) is 0 Å². The second-order valence-corrected chi connectivity index (χ2v) is 5.48. The van der Waals surface area contributed by atoms with Crippen LogP contribution in [0.25, 0.3) is 0 Å². The summed E-state index contributed by atoms with van der Waals surface area (Å²) in [7, 11) is 0. The Morgan fingerprint density at radius 3 is 2.27 bits per heavy atom. The van der Waals surface area contributed by atoms with Crippen molar-refractivity contribution in [3.8, 4) is 0 Å². The first-order valence-corrected chi connectivity index (χ1v) is 5.98. The van der Waals surface area contributed by atoms with Crippen molar-refractivity contribution in [1.29, 1.82) is 0 Å². The quantitative estimate of drug-likeness (QED) is 0.565. The van der Waals surface area contributed by atoms with Crippen LogP contribution in [0.4, 0.5) is 0 Å². The van der Waals surface area contributed by atoms with Crippen molar-refractivity contribution < 1.29 is 5.11 Å². The van der Waals surface area contributed by atoms with Gasteiger partial charge in [-0.05, 0) is 54.0 Å². The van der Waals surface area contributed by atoms with Crippen LogP contribution in [-0.4, -0.2) is 35.9 Å². The van der Waals surface area contributed by atoms with Gasteiger partial charge in [-0.2, -0.15) is 0 Å². The number of nitrogens with one attached hydrogen (secondary N) is 2. The molecule has 15 heavy (non-hydrogen) atoms. The molecule has 3 nitrogen and oxygen atoms in total. The number of rotatable bonds is 7. The van der Waals surface area contributed by atoms with Crippen molar-refractivity contribution in [3.05, 3.63) is 0 Å². The summed E-state index contributed by atoms with van der Waals surface area (Å²) < 4.78 is 0. The summed E-state index contributed by atoms with van der Waals surface area (Å²) in [5.41, 5.74) is 0.190. The minimum Gasteiger partial charge on any atom is -0.393 e. The SMILES string of the molecule is CC(O)CCCNC(C)CNC(C)(C)C. The highest BCUT2D eigenvalue weighted by molar-refractivity contribution is 4.74. The summed E-state index contributed by atoms with van der Waals surface area (Å²) in [6.07, 6.45) is 1.75. The van der Waals surface area contributed by atoms with E-state index in [1.54, 1.807) is 0 Å². The summed E-state index contributed by atoms with van der Waals surface area (Å²) in [6, 6.07) is 0.484. The maximum absolute atomic E-state index is 9.09. The summed E-state index contributed by atoms with van der Waals surface area (Å²) in [4.78, 5) is 0. The number of hydrogen-bond acceptors (Lipinski definition) is 3. The maximum atomic E-state index is 9.09. The van der Waals surface area contributed by atoms with E-state index in [0.29, 0.717) is 6.04 Å². The van der Waals surface area contributed by atoms with Gasteiger partial charge in [0, 0.05) is 18.1 Å². The smallest absolute Gasteiger partial charge is 0.0512 e. The molecule has 3 heteroatoms. The predicted molar refractivity (Wildman–Crippen MR) is 66.1 cm³/mol. The van der Waals surface area contributed by atoms with E-state index in [4.69, 9.17) is 5.11 Å². The van der Waals surface area contributed by atoms with Gasteiger partial charge in [-0.15, -0.1) is 0 Å². The molecule has 0 aromatic heterocycles. The van der Waals surface area contributed by atoms with Crippen LogP contribution in [0.3, 0.4) is 0 Å². The first kappa shape index (κ1) is 14.9. The van der Waals surface area contributed by atoms with Crippen LogP contribution >= 0.6 is 0 Å². The Morgan fingerprint density at radius 2 is 1.80 bits per heavy atom. The molecule has 0 spiro atoms. The topological polar surface area (TPSA) is 44.3 Å². The fraction of sp³-hybridized carbons (Fsp3) is 1.00. The average molecular weight is 216 g/mol. The van der Waals surface area contributed by atoms with E-state index >= 15 is 0 Å². The minimum absolute atomic E-state index is 0.171. The first-order chi connectivity index (χ1) is 6.81. The number of aliphatic hydroxyl groups is 1. The van der Waals surface area contributed by atoms with Crippen LogP contribution < -0.4 is 10.6 Å². The lowest BCUT2D eigenvalue weighted by Crippen LogP contribution is -2.44. The molecule has 0 saturated heterocycles. The van der Waals surface area contributed by atoms with Gasteiger partial charge >= 0.3 is 0 Å². The lowest BCUT2D eigenvalue weighted by molar-refractivity contribution is 0.181. The summed E-state index contributed by atoms with van der Waals surface area (Å²) in [5, 5.41) is 16.0. The minimum atomic E-state index is -0.171. The van der Waals surface area contributed by atoms with E-state index in [0.717, 1.165) is 25.9 Å². The van der Waals surface area contributed by atoms with Gasteiger partial charge in [0.25, 0.3) is 0 Å². The molecule has 0 amide bonds. The van der Waals surface area contributed by atoms with E-state index in [9.17, 15) is 0 Å². The molecule has 3 N–H and O–H groups in total. The highest BCUT2D eigenvalue weighted by Crippen LogP contribution is 1.98. The van der Waals surface area contributed by atoms with E-state index in [-0.39, 0.29) is 11.6 Å². The fourth-order valence-electron chi connectivity index (χ4n) is 1.28. The molecule has 0 fully saturated rings. The lowest BCUT2D eigenvalue weighted by atomic mass is 10.1. The third-order valence-electron chi connectivity index (χ3n) is 2.23. The Balaban J connectivity index is 3.38. The Morgan fingerprint density at radius 1 is 1.20 bits per heavy atom. The van der Waals surface area contributed by atoms with E-state index < -0.39 is 0 Å². The maximum Gasteiger partial charge on any atom is 0.0512 e. The Kier molecular flexibility index (Phi) is 7.14. The molecule has 0 aromatic carbocycles. The number of hydrogen-bond donors (Lipinski definition) is 3. The summed E-state index contributed by atoms with van der Waals surface area (Å²) in [5.74, 6) is 0. The third kappa shape index (κ3) is 11.8. The predicted octanol–water partition coefficient (Wildman–Crippen LogP) is 1.51. The summed E-state index contributed by atoms with van der Waals surface area (Å²) in [6.45, 7) is 12.5. The van der Waals surface area contributed by atoms with Gasteiger partial charge < -0.3 is 15.7 Å². The van der Waals surface area contributed by atoms with Crippen LogP contribution in [0.1, 0.15) is 47.5 Å². The Hall–Kier alpha value is -0.120. The zero-order chi connectivity index (χ0) is 11.9. The van der Waals surface area contributed by atoms with E-state index in [1.165, 1.54) is 0 Å². The summed E-state index contributed by atoms with van der Waals surface area (Å²) >= 11 is 0. The Labute approximate surface area is 94.6 Å². The zero-order valence-corrected chi connectivity index (χ0v) is 10.9. The highest BCUT2D eigenvalue weighted by atomic mass is 16.3. The normalized spacial score (nSPS) is 16.4. The molecular formula is C12H28N2O. The molecule has 92 valence electrons. The average Bonchev–Trinajstić information content (AvgIpc) is 2.07. The van der Waals surface area contributed by atoms with Gasteiger partial charge in [0.1, 0.15) is 0 Å². The largest absolute Gasteiger partial charge is 0.393 e. The first-order valence-electron chi connectivity index (χ1n) is 5.98. The second kappa shape index (κ2) is 7.20. The van der Waals surface area contributed by atoms with Gasteiger partial charge in [-0.3, -0.25) is 0 Å². The van der Waals surface area contributed by atoms with Crippen molar-refractivity contribution in [2.75, 3.05) is 13.1 Å². The molecule has 0 saturated carbocycles. The van der Waals surface area contributed by atoms with Gasteiger partial charge in [-0.25, -0.2) is 0 Å². The zero-order valence-electron chi connectivity index (χ0n) is 10.9. The van der Waals surface area contributed by atoms with Gasteiger partial charge in [0.15, 0.2) is 0 Å². The van der Waals surface area contributed by atoms with Crippen LogP contribution in [0.15, 0.2) is 0 Å². The highest BCUT2D eigenvalue weighted by Gasteiger charge is 2.10. The molecule has 0 aromatic rings. The van der Waals surface area contributed by atoms with Crippen LogP contribution in [0.2, 0.25) is 0 Å². The van der Waals surface area contributed by atoms with Crippen molar-refractivity contribution in [2.24, 2.45) is 0 Å². The molecular weight excluding hydrogens is 188 g/mol. The standard InChI is InChI=1S/C12H28N2O/c1-10(9-14-12(3,4)5)13-8-6-7-11(2)15/h10-11,13-15H,6-9H2,1-5H3. The molecule has 0 aliphatic carbocycles. The van der Waals surface area contributed by atoms with Crippen LogP contribution in [0, 0.1) is 0 Å². The van der Waals surface area contributed by atoms with Crippen LogP contribution in [0.5, 0.6) is 0 Å². The molecule has 0 rings (SSSR count). The molecule has 0 aliphatic heterocycles. The van der Waals surface area contributed by atoms with E-state index in [2.05, 4.69) is 38.3 Å². The Bertz CT molecular complexity index is 152.